The first kappa shape index (κ1) is 34.6. The van der Waals surface area contributed by atoms with Crippen LogP contribution in [0.3, 0.4) is 0 Å². The second kappa shape index (κ2) is 16.6. The molecule has 39 heavy (non-hydrogen) atoms. The molecule has 0 bridgehead atoms. The van der Waals surface area contributed by atoms with Crippen molar-refractivity contribution in [2.75, 3.05) is 30.1 Å². The first-order valence-corrected chi connectivity index (χ1v) is 15.3. The summed E-state index contributed by atoms with van der Waals surface area (Å²) in [6, 6.07) is -3.78. The third-order valence-electron chi connectivity index (χ3n) is 5.47. The molecule has 0 radical (unpaired) electrons. The van der Waals surface area contributed by atoms with E-state index in [9.17, 15) is 24.0 Å². The standard InChI is InChI=1S/C26H44N4O7S2/c1-15(2)19-22(32)27-18(24(34)36-8)14-39-12-10-9-11-38-13-17(28-25(35)37-26(5,6)7)21(31)29-20(16(3)4)23(33)30-19/h9-10,15-20H,11-14H2,1-8H3,(H,27,32)(H,28,35)(H,29,31)(H,30,33)/b10-9+/t17?,18?,19?,20-/m0/s1. The Kier molecular flexibility index (Phi) is 14.8. The summed E-state index contributed by atoms with van der Waals surface area (Å²) in [6.45, 7) is 12.2. The van der Waals surface area contributed by atoms with Gasteiger partial charge < -0.3 is 30.7 Å². The fourth-order valence-electron chi connectivity index (χ4n) is 3.42. The van der Waals surface area contributed by atoms with Gasteiger partial charge in [-0.2, -0.15) is 23.5 Å². The van der Waals surface area contributed by atoms with Gasteiger partial charge in [-0.3, -0.25) is 14.4 Å². The highest BCUT2D eigenvalue weighted by Gasteiger charge is 2.34. The van der Waals surface area contributed by atoms with Crippen molar-refractivity contribution in [1.29, 1.82) is 0 Å². The van der Waals surface area contributed by atoms with Gasteiger partial charge in [-0.1, -0.05) is 39.8 Å². The smallest absolute Gasteiger partial charge is 0.408 e. The Bertz CT molecular complexity index is 890. The summed E-state index contributed by atoms with van der Waals surface area (Å²) in [5.74, 6) is -1.13. The molecular formula is C26H44N4O7S2. The topological polar surface area (TPSA) is 152 Å². The average Bonchev–Trinajstić information content (AvgIpc) is 2.82. The molecule has 13 heteroatoms. The summed E-state index contributed by atoms with van der Waals surface area (Å²) in [5, 5.41) is 10.8. The van der Waals surface area contributed by atoms with E-state index in [2.05, 4.69) is 21.3 Å². The number of amides is 4. The SMILES string of the molecule is COC(=O)C1CSC/C=C/CSCC(NC(=O)OC(C)(C)C)C(=O)N[C@@H](C(C)C)C(=O)NC(C(C)C)C(=O)N1. The van der Waals surface area contributed by atoms with Crippen LogP contribution < -0.4 is 21.3 Å². The van der Waals surface area contributed by atoms with Crippen molar-refractivity contribution in [2.24, 2.45) is 11.8 Å². The Hall–Kier alpha value is -2.41. The maximum absolute atomic E-state index is 13.3. The number of esters is 1. The molecule has 0 aromatic heterocycles. The number of nitrogens with one attached hydrogen (secondary N) is 4. The molecule has 1 heterocycles. The van der Waals surface area contributed by atoms with Gasteiger partial charge >= 0.3 is 12.1 Å². The highest BCUT2D eigenvalue weighted by molar-refractivity contribution is 7.99. The minimum atomic E-state index is -0.981. The quantitative estimate of drug-likeness (QED) is 0.285. The van der Waals surface area contributed by atoms with Crippen molar-refractivity contribution in [3.8, 4) is 0 Å². The zero-order chi connectivity index (χ0) is 29.8. The van der Waals surface area contributed by atoms with Gasteiger partial charge in [0.1, 0.15) is 29.8 Å². The predicted octanol–water partition coefficient (Wildman–Crippen LogP) is 1.86. The Morgan fingerprint density at radius 2 is 1.36 bits per heavy atom. The van der Waals surface area contributed by atoms with E-state index in [1.54, 1.807) is 48.5 Å². The van der Waals surface area contributed by atoms with Gasteiger partial charge in [-0.15, -0.1) is 0 Å². The normalized spacial score (nSPS) is 25.4. The maximum Gasteiger partial charge on any atom is 0.408 e. The highest BCUT2D eigenvalue weighted by atomic mass is 32.2. The van der Waals surface area contributed by atoms with Crippen LogP contribution in [0.5, 0.6) is 0 Å². The Morgan fingerprint density at radius 1 is 0.872 bits per heavy atom. The molecule has 0 aromatic rings. The molecule has 0 aromatic carbocycles. The lowest BCUT2D eigenvalue weighted by molar-refractivity contribution is -0.145. The third kappa shape index (κ3) is 13.0. The minimum Gasteiger partial charge on any atom is -0.467 e. The van der Waals surface area contributed by atoms with E-state index >= 15 is 0 Å². The molecule has 0 saturated heterocycles. The number of thioether (sulfide) groups is 2. The van der Waals surface area contributed by atoms with Gasteiger partial charge in [-0.05, 0) is 32.6 Å². The number of rotatable bonds is 4. The number of ether oxygens (including phenoxy) is 2. The maximum atomic E-state index is 13.3. The van der Waals surface area contributed by atoms with E-state index in [1.807, 2.05) is 12.2 Å². The molecule has 0 saturated carbocycles. The Morgan fingerprint density at radius 3 is 1.85 bits per heavy atom. The van der Waals surface area contributed by atoms with Crippen molar-refractivity contribution in [2.45, 2.75) is 78.2 Å². The summed E-state index contributed by atoms with van der Waals surface area (Å²) < 4.78 is 10.2. The molecule has 0 fully saturated rings. The first-order chi connectivity index (χ1) is 18.2. The van der Waals surface area contributed by atoms with Crippen LogP contribution in [0.15, 0.2) is 12.2 Å². The predicted molar refractivity (Wildman–Crippen MR) is 154 cm³/mol. The summed E-state index contributed by atoms with van der Waals surface area (Å²) in [5.41, 5.74) is -0.747. The van der Waals surface area contributed by atoms with Crippen molar-refractivity contribution < 1.29 is 33.4 Å². The van der Waals surface area contributed by atoms with Crippen molar-refractivity contribution >= 4 is 53.3 Å². The van der Waals surface area contributed by atoms with E-state index in [-0.39, 0.29) is 17.6 Å². The lowest BCUT2D eigenvalue weighted by Crippen LogP contribution is -2.60. The molecule has 1 rings (SSSR count). The van der Waals surface area contributed by atoms with Crippen LogP contribution in [-0.2, 0) is 28.7 Å². The van der Waals surface area contributed by atoms with Crippen molar-refractivity contribution in [1.82, 2.24) is 21.3 Å². The van der Waals surface area contributed by atoms with E-state index in [0.717, 1.165) is 0 Å². The van der Waals surface area contributed by atoms with Crippen LogP contribution in [0.25, 0.3) is 0 Å². The molecule has 4 N–H and O–H groups in total. The van der Waals surface area contributed by atoms with Crippen LogP contribution in [0.2, 0.25) is 0 Å². The molecular weight excluding hydrogens is 544 g/mol. The van der Waals surface area contributed by atoms with Crippen LogP contribution in [0, 0.1) is 11.8 Å². The average molecular weight is 589 g/mol. The molecule has 4 atom stereocenters. The van der Waals surface area contributed by atoms with Crippen LogP contribution in [0.4, 0.5) is 4.79 Å². The van der Waals surface area contributed by atoms with Crippen LogP contribution in [-0.4, -0.2) is 89.7 Å². The van der Waals surface area contributed by atoms with Gasteiger partial charge in [0.05, 0.1) is 7.11 Å². The summed E-state index contributed by atoms with van der Waals surface area (Å²) in [7, 11) is 1.25. The Balaban J connectivity index is 3.26. The fraction of sp³-hybridized carbons (Fsp3) is 0.731. The Labute approximate surface area is 240 Å². The molecule has 0 aliphatic carbocycles. The summed E-state index contributed by atoms with van der Waals surface area (Å²) in [6.07, 6.45) is 3.12. The van der Waals surface area contributed by atoms with Crippen LogP contribution >= 0.6 is 23.5 Å². The van der Waals surface area contributed by atoms with E-state index in [1.165, 1.54) is 30.6 Å². The van der Waals surface area contributed by atoms with E-state index in [4.69, 9.17) is 9.47 Å². The van der Waals surface area contributed by atoms with E-state index < -0.39 is 59.6 Å². The molecule has 0 spiro atoms. The van der Waals surface area contributed by atoms with Gasteiger partial charge in [0.2, 0.25) is 17.7 Å². The van der Waals surface area contributed by atoms with Gasteiger partial charge in [0, 0.05) is 23.0 Å². The molecule has 1 aliphatic heterocycles. The number of methoxy groups -OCH3 is 1. The molecule has 11 nitrogen and oxygen atoms in total. The van der Waals surface area contributed by atoms with Crippen molar-refractivity contribution in [3.05, 3.63) is 12.2 Å². The van der Waals surface area contributed by atoms with Gasteiger partial charge in [0.15, 0.2) is 0 Å². The van der Waals surface area contributed by atoms with Gasteiger partial charge in [-0.25, -0.2) is 9.59 Å². The highest BCUT2D eigenvalue weighted by Crippen LogP contribution is 2.13. The van der Waals surface area contributed by atoms with Gasteiger partial charge in [0.25, 0.3) is 0 Å². The molecule has 222 valence electrons. The minimum absolute atomic E-state index is 0.246. The van der Waals surface area contributed by atoms with E-state index in [0.29, 0.717) is 17.3 Å². The third-order valence-corrected chi connectivity index (χ3v) is 7.46. The number of alkyl carbamates (subject to hydrolysis) is 1. The molecule has 1 aliphatic rings. The number of hydrogen-bond acceptors (Lipinski definition) is 9. The first-order valence-electron chi connectivity index (χ1n) is 12.9. The van der Waals surface area contributed by atoms with Crippen LogP contribution in [0.1, 0.15) is 48.5 Å². The monoisotopic (exact) mass is 588 g/mol. The van der Waals surface area contributed by atoms with Crippen molar-refractivity contribution in [3.63, 3.8) is 0 Å². The number of carbonyl (C=O) groups is 5. The largest absolute Gasteiger partial charge is 0.467 e. The zero-order valence-electron chi connectivity index (χ0n) is 24.1. The summed E-state index contributed by atoms with van der Waals surface area (Å²) >= 11 is 2.88. The number of carbonyl (C=O) groups excluding carboxylic acids is 5. The molecule has 4 amide bonds. The zero-order valence-corrected chi connectivity index (χ0v) is 25.8. The molecule has 3 unspecified atom stereocenters. The summed E-state index contributed by atoms with van der Waals surface area (Å²) in [4.78, 5) is 64.5. The number of hydrogen-bond donors (Lipinski definition) is 4. The lowest BCUT2D eigenvalue weighted by Gasteiger charge is -2.29. The second-order valence-electron chi connectivity index (χ2n) is 10.8. The lowest BCUT2D eigenvalue weighted by atomic mass is 9.99. The second-order valence-corrected chi connectivity index (χ2v) is 12.9. The fourth-order valence-corrected chi connectivity index (χ4v) is 5.16.